The Morgan fingerprint density at radius 3 is 2.70 bits per heavy atom. The van der Waals surface area contributed by atoms with Crippen molar-refractivity contribution in [2.24, 2.45) is 0 Å². The highest BCUT2D eigenvalue weighted by Crippen LogP contribution is 2.46. The first-order valence-corrected chi connectivity index (χ1v) is 12.1. The number of rotatable bonds is 4. The van der Waals surface area contributed by atoms with Crippen LogP contribution in [0.3, 0.4) is 0 Å². The normalized spacial score (nSPS) is 16.7. The van der Waals surface area contributed by atoms with Crippen molar-refractivity contribution >= 4 is 57.3 Å². The Hall–Kier alpha value is -1.73. The summed E-state index contributed by atoms with van der Waals surface area (Å²) in [6.45, 7) is 6.04. The molecule has 1 amide bonds. The molecular formula is C22H20Cl2N2O2S2. The Labute approximate surface area is 193 Å². The van der Waals surface area contributed by atoms with Crippen molar-refractivity contribution in [1.29, 1.82) is 0 Å². The Bertz CT molecular complexity index is 1130. The number of aromatic nitrogens is 1. The molecule has 30 heavy (non-hydrogen) atoms. The molecule has 4 rings (SSSR count). The van der Waals surface area contributed by atoms with Crippen LogP contribution in [0.4, 0.5) is 5.13 Å². The summed E-state index contributed by atoms with van der Waals surface area (Å²) >= 11 is 15.4. The van der Waals surface area contributed by atoms with Crippen molar-refractivity contribution in [3.63, 3.8) is 0 Å². The standard InChI is InChI=1S/C22H20Cl2N2O2S2/c1-11(2)15-8-16(12(3)6-19(15)27)18-9-30-22(25-18)26-20(28)10-29-21(26)14-5-4-13(23)7-17(14)24/h4-9,11,21,27H,10H2,1-3H3. The highest BCUT2D eigenvalue weighted by molar-refractivity contribution is 8.00. The predicted octanol–water partition coefficient (Wildman–Crippen LogP) is 7.03. The van der Waals surface area contributed by atoms with E-state index < -0.39 is 0 Å². The zero-order valence-corrected chi connectivity index (χ0v) is 19.8. The Kier molecular flexibility index (Phi) is 6.04. The van der Waals surface area contributed by atoms with Crippen LogP contribution in [0.15, 0.2) is 35.7 Å². The van der Waals surface area contributed by atoms with Gasteiger partial charge in [-0.3, -0.25) is 9.69 Å². The first kappa shape index (κ1) is 21.5. The summed E-state index contributed by atoms with van der Waals surface area (Å²) in [5.41, 5.74) is 4.41. The Morgan fingerprint density at radius 2 is 2.00 bits per heavy atom. The molecule has 2 heterocycles. The number of thioether (sulfide) groups is 1. The number of hydrogen-bond donors (Lipinski definition) is 1. The molecule has 0 saturated carbocycles. The SMILES string of the molecule is Cc1cc(O)c(C(C)C)cc1-c1csc(N2C(=O)CSC2c2ccc(Cl)cc2Cl)n1. The summed E-state index contributed by atoms with van der Waals surface area (Å²) in [5.74, 6) is 0.858. The molecule has 2 aromatic carbocycles. The van der Waals surface area contributed by atoms with Gasteiger partial charge in [-0.2, -0.15) is 0 Å². The van der Waals surface area contributed by atoms with Gasteiger partial charge in [0.15, 0.2) is 5.13 Å². The van der Waals surface area contributed by atoms with E-state index in [1.165, 1.54) is 23.1 Å². The molecule has 1 fully saturated rings. The fourth-order valence-electron chi connectivity index (χ4n) is 3.51. The number of aromatic hydroxyl groups is 1. The summed E-state index contributed by atoms with van der Waals surface area (Å²) in [6, 6.07) is 9.10. The van der Waals surface area contributed by atoms with Gasteiger partial charge in [-0.1, -0.05) is 43.1 Å². The number of anilines is 1. The minimum absolute atomic E-state index is 0.00205. The van der Waals surface area contributed by atoms with Gasteiger partial charge in [-0.05, 0) is 48.2 Å². The molecule has 1 atom stereocenters. The van der Waals surface area contributed by atoms with Crippen LogP contribution in [0.5, 0.6) is 5.75 Å². The lowest BCUT2D eigenvalue weighted by Gasteiger charge is -2.22. The quantitative estimate of drug-likeness (QED) is 0.436. The second kappa shape index (κ2) is 8.42. The number of carbonyl (C=O) groups is 1. The average Bonchev–Trinajstić information content (AvgIpc) is 3.28. The van der Waals surface area contributed by atoms with Gasteiger partial charge in [0.2, 0.25) is 5.91 Å². The van der Waals surface area contributed by atoms with Crippen LogP contribution in [0.25, 0.3) is 11.3 Å². The second-order valence-electron chi connectivity index (χ2n) is 7.49. The average molecular weight is 479 g/mol. The molecule has 1 saturated heterocycles. The van der Waals surface area contributed by atoms with E-state index in [9.17, 15) is 9.90 Å². The largest absolute Gasteiger partial charge is 0.508 e. The van der Waals surface area contributed by atoms with E-state index in [0.717, 1.165) is 27.9 Å². The number of halogens is 2. The number of nitrogens with zero attached hydrogens (tertiary/aromatic N) is 2. The maximum Gasteiger partial charge on any atom is 0.240 e. The van der Waals surface area contributed by atoms with Gasteiger partial charge in [0, 0.05) is 26.6 Å². The van der Waals surface area contributed by atoms with Gasteiger partial charge in [-0.15, -0.1) is 23.1 Å². The van der Waals surface area contributed by atoms with Crippen molar-refractivity contribution in [3.05, 3.63) is 62.4 Å². The summed E-state index contributed by atoms with van der Waals surface area (Å²) in [6.07, 6.45) is 0. The molecule has 0 aliphatic carbocycles. The zero-order valence-electron chi connectivity index (χ0n) is 16.6. The molecule has 1 aliphatic rings. The van der Waals surface area contributed by atoms with Gasteiger partial charge in [-0.25, -0.2) is 4.98 Å². The van der Waals surface area contributed by atoms with Gasteiger partial charge < -0.3 is 5.11 Å². The molecule has 0 radical (unpaired) electrons. The highest BCUT2D eigenvalue weighted by atomic mass is 35.5. The minimum atomic E-state index is -0.242. The predicted molar refractivity (Wildman–Crippen MR) is 127 cm³/mol. The lowest BCUT2D eigenvalue weighted by Crippen LogP contribution is -2.27. The lowest BCUT2D eigenvalue weighted by atomic mass is 9.95. The molecule has 0 spiro atoms. The molecule has 156 valence electrons. The van der Waals surface area contributed by atoms with Crippen molar-refractivity contribution in [1.82, 2.24) is 4.98 Å². The van der Waals surface area contributed by atoms with Crippen molar-refractivity contribution in [3.8, 4) is 17.0 Å². The van der Waals surface area contributed by atoms with Crippen LogP contribution < -0.4 is 4.90 Å². The van der Waals surface area contributed by atoms with E-state index in [1.54, 1.807) is 23.1 Å². The number of phenolic OH excluding ortho intramolecular Hbond substituents is 1. The lowest BCUT2D eigenvalue weighted by molar-refractivity contribution is -0.115. The van der Waals surface area contributed by atoms with E-state index in [0.29, 0.717) is 26.7 Å². The first-order valence-electron chi connectivity index (χ1n) is 9.44. The van der Waals surface area contributed by atoms with E-state index >= 15 is 0 Å². The second-order valence-corrected chi connectivity index (χ2v) is 10.2. The topological polar surface area (TPSA) is 53.4 Å². The molecule has 0 bridgehead atoms. The number of amides is 1. The molecule has 4 nitrogen and oxygen atoms in total. The molecule has 3 aromatic rings. The third-order valence-corrected chi connectivity index (χ3v) is 7.66. The molecule has 1 N–H and O–H groups in total. The fourth-order valence-corrected chi connectivity index (χ4v) is 6.21. The van der Waals surface area contributed by atoms with Gasteiger partial charge in [0.1, 0.15) is 11.1 Å². The summed E-state index contributed by atoms with van der Waals surface area (Å²) in [5, 5.41) is 13.7. The third kappa shape index (κ3) is 3.94. The zero-order chi connectivity index (χ0) is 21.6. The van der Waals surface area contributed by atoms with Gasteiger partial charge in [0.25, 0.3) is 0 Å². The van der Waals surface area contributed by atoms with E-state index in [4.69, 9.17) is 28.2 Å². The van der Waals surface area contributed by atoms with Crippen molar-refractivity contribution < 1.29 is 9.90 Å². The molecule has 8 heteroatoms. The van der Waals surface area contributed by atoms with E-state index in [-0.39, 0.29) is 17.2 Å². The maximum absolute atomic E-state index is 12.7. The molecule has 1 aliphatic heterocycles. The number of phenols is 1. The van der Waals surface area contributed by atoms with Crippen molar-refractivity contribution in [2.45, 2.75) is 32.1 Å². The molecular weight excluding hydrogens is 459 g/mol. The number of thiazole rings is 1. The molecule has 1 unspecified atom stereocenters. The Balaban J connectivity index is 1.72. The van der Waals surface area contributed by atoms with Crippen LogP contribution in [0, 0.1) is 6.92 Å². The smallest absolute Gasteiger partial charge is 0.240 e. The monoisotopic (exact) mass is 478 g/mol. The van der Waals surface area contributed by atoms with Crippen LogP contribution in [0.2, 0.25) is 10.0 Å². The number of hydrogen-bond acceptors (Lipinski definition) is 5. The number of aryl methyl sites for hydroxylation is 1. The van der Waals surface area contributed by atoms with Gasteiger partial charge >= 0.3 is 0 Å². The van der Waals surface area contributed by atoms with Gasteiger partial charge in [0.05, 0.1) is 11.4 Å². The van der Waals surface area contributed by atoms with Crippen LogP contribution in [-0.4, -0.2) is 21.8 Å². The summed E-state index contributed by atoms with van der Waals surface area (Å²) < 4.78 is 0. The van der Waals surface area contributed by atoms with Crippen molar-refractivity contribution in [2.75, 3.05) is 10.7 Å². The summed E-state index contributed by atoms with van der Waals surface area (Å²) in [7, 11) is 0. The summed E-state index contributed by atoms with van der Waals surface area (Å²) in [4.78, 5) is 19.2. The van der Waals surface area contributed by atoms with E-state index in [2.05, 4.69) is 0 Å². The number of carbonyl (C=O) groups excluding carboxylic acids is 1. The van der Waals surface area contributed by atoms with Crippen LogP contribution in [-0.2, 0) is 4.79 Å². The highest BCUT2D eigenvalue weighted by Gasteiger charge is 2.37. The first-order chi connectivity index (χ1) is 14.3. The number of benzene rings is 2. The van der Waals surface area contributed by atoms with Crippen LogP contribution in [0.1, 0.15) is 41.8 Å². The van der Waals surface area contributed by atoms with E-state index in [1.807, 2.05) is 38.3 Å². The minimum Gasteiger partial charge on any atom is -0.508 e. The Morgan fingerprint density at radius 1 is 1.23 bits per heavy atom. The van der Waals surface area contributed by atoms with Crippen LogP contribution >= 0.6 is 46.3 Å². The fraction of sp³-hybridized carbons (Fsp3) is 0.273. The third-order valence-electron chi connectivity index (χ3n) is 5.07. The molecule has 1 aromatic heterocycles. The maximum atomic E-state index is 12.7.